The van der Waals surface area contributed by atoms with E-state index in [1.165, 1.54) is 0 Å². The zero-order valence-electron chi connectivity index (χ0n) is 10.1. The number of hydrogen-bond acceptors (Lipinski definition) is 2. The topological polar surface area (TPSA) is 74.6 Å². The Balaban J connectivity index is 0.00000289. The van der Waals surface area contributed by atoms with E-state index in [4.69, 9.17) is 10.2 Å². The summed E-state index contributed by atoms with van der Waals surface area (Å²) in [6.07, 6.45) is 0. The number of carbonyl (C=O) groups is 2. The van der Waals surface area contributed by atoms with Crippen LogP contribution in [0.4, 0.5) is 0 Å². The Kier molecular flexibility index (Phi) is 6.07. The maximum absolute atomic E-state index is 10.8. The Morgan fingerprint density at radius 1 is 1.00 bits per heavy atom. The number of carboxylic acid groups (broad SMARTS) is 2. The average molecular weight is 260 g/mol. The molecule has 94 valence electrons. The monoisotopic (exact) mass is 260 g/mol. The standard InChI is InChI=1S/C13H16O4.Na.H/c1-13(2,3)9-6-4-8(5-7-9)10(11(14)15)12(16)17;;/h4-7,10H,1-3H3,(H,14,15)(H,16,17);;. The van der Waals surface area contributed by atoms with Gasteiger partial charge in [-0.25, -0.2) is 0 Å². The van der Waals surface area contributed by atoms with Gasteiger partial charge in [0.05, 0.1) is 0 Å². The molecule has 1 rings (SSSR count). The number of benzene rings is 1. The molecular weight excluding hydrogens is 243 g/mol. The Morgan fingerprint density at radius 2 is 1.39 bits per heavy atom. The first-order chi connectivity index (χ1) is 7.73. The molecule has 0 aliphatic heterocycles. The third-order valence-corrected chi connectivity index (χ3v) is 2.60. The van der Waals surface area contributed by atoms with Gasteiger partial charge < -0.3 is 10.2 Å². The van der Waals surface area contributed by atoms with E-state index in [2.05, 4.69) is 0 Å². The van der Waals surface area contributed by atoms with E-state index in [1.54, 1.807) is 24.3 Å². The van der Waals surface area contributed by atoms with Crippen molar-refractivity contribution in [3.05, 3.63) is 35.4 Å². The summed E-state index contributed by atoms with van der Waals surface area (Å²) in [7, 11) is 0. The van der Waals surface area contributed by atoms with E-state index >= 15 is 0 Å². The summed E-state index contributed by atoms with van der Waals surface area (Å²) in [5, 5.41) is 17.7. The van der Waals surface area contributed by atoms with Crippen LogP contribution in [0.15, 0.2) is 24.3 Å². The van der Waals surface area contributed by atoms with Crippen molar-refractivity contribution in [3.8, 4) is 0 Å². The second-order valence-corrected chi connectivity index (χ2v) is 4.98. The van der Waals surface area contributed by atoms with Gasteiger partial charge in [0.15, 0.2) is 5.92 Å². The fourth-order valence-corrected chi connectivity index (χ4v) is 1.57. The van der Waals surface area contributed by atoms with Crippen molar-refractivity contribution in [2.24, 2.45) is 0 Å². The summed E-state index contributed by atoms with van der Waals surface area (Å²) in [6.45, 7) is 6.11. The van der Waals surface area contributed by atoms with Gasteiger partial charge in [0.2, 0.25) is 0 Å². The zero-order chi connectivity index (χ0) is 13.2. The molecule has 5 heteroatoms. The van der Waals surface area contributed by atoms with Crippen molar-refractivity contribution < 1.29 is 19.8 Å². The molecule has 0 amide bonds. The summed E-state index contributed by atoms with van der Waals surface area (Å²) in [5.74, 6) is -4.19. The summed E-state index contributed by atoms with van der Waals surface area (Å²) in [5.41, 5.74) is 1.29. The molecule has 0 aromatic heterocycles. The summed E-state index contributed by atoms with van der Waals surface area (Å²) in [6, 6.07) is 6.67. The minimum absolute atomic E-state index is 0. The van der Waals surface area contributed by atoms with E-state index in [1.807, 2.05) is 20.8 Å². The fourth-order valence-electron chi connectivity index (χ4n) is 1.57. The van der Waals surface area contributed by atoms with Gasteiger partial charge in [0.1, 0.15) is 0 Å². The minimum atomic E-state index is -1.50. The van der Waals surface area contributed by atoms with Crippen LogP contribution < -0.4 is 0 Å². The third kappa shape index (κ3) is 4.12. The van der Waals surface area contributed by atoms with E-state index in [9.17, 15) is 9.59 Å². The van der Waals surface area contributed by atoms with E-state index in [-0.39, 0.29) is 40.5 Å². The molecule has 0 bridgehead atoms. The van der Waals surface area contributed by atoms with Crippen LogP contribution in [0.3, 0.4) is 0 Å². The first-order valence-corrected chi connectivity index (χ1v) is 5.29. The molecule has 0 saturated heterocycles. The van der Waals surface area contributed by atoms with Gasteiger partial charge in [-0.05, 0) is 16.5 Å². The molecule has 0 heterocycles. The van der Waals surface area contributed by atoms with E-state index in [0.29, 0.717) is 0 Å². The van der Waals surface area contributed by atoms with Crippen LogP contribution >= 0.6 is 0 Å². The van der Waals surface area contributed by atoms with Crippen molar-refractivity contribution in [1.29, 1.82) is 0 Å². The van der Waals surface area contributed by atoms with Crippen LogP contribution in [-0.4, -0.2) is 51.7 Å². The number of hydrogen-bond donors (Lipinski definition) is 2. The van der Waals surface area contributed by atoms with Crippen molar-refractivity contribution in [3.63, 3.8) is 0 Å². The molecule has 0 aliphatic rings. The van der Waals surface area contributed by atoms with Crippen molar-refractivity contribution in [1.82, 2.24) is 0 Å². The van der Waals surface area contributed by atoms with Crippen LogP contribution in [-0.2, 0) is 15.0 Å². The molecule has 0 fully saturated rings. The van der Waals surface area contributed by atoms with Crippen molar-refractivity contribution in [2.75, 3.05) is 0 Å². The predicted molar refractivity (Wildman–Crippen MR) is 70.3 cm³/mol. The molecule has 18 heavy (non-hydrogen) atoms. The molecule has 0 saturated carbocycles. The first kappa shape index (κ1) is 17.2. The van der Waals surface area contributed by atoms with E-state index in [0.717, 1.165) is 5.56 Å². The Bertz CT molecular complexity index is 417. The molecule has 4 nitrogen and oxygen atoms in total. The molecule has 0 unspecified atom stereocenters. The number of carboxylic acids is 2. The van der Waals surface area contributed by atoms with E-state index < -0.39 is 17.9 Å². The molecule has 0 radical (unpaired) electrons. The van der Waals surface area contributed by atoms with Gasteiger partial charge in [-0.15, -0.1) is 0 Å². The molecule has 0 atom stereocenters. The molecule has 0 aliphatic carbocycles. The molecular formula is C13H17NaO4. The van der Waals surface area contributed by atoms with Gasteiger partial charge in [-0.2, -0.15) is 0 Å². The Morgan fingerprint density at radius 3 is 1.67 bits per heavy atom. The number of aliphatic carboxylic acids is 2. The van der Waals surface area contributed by atoms with Crippen LogP contribution in [0.2, 0.25) is 0 Å². The predicted octanol–water partition coefficient (Wildman–Crippen LogP) is 1.59. The van der Waals surface area contributed by atoms with Gasteiger partial charge in [-0.1, -0.05) is 45.0 Å². The Hall–Kier alpha value is -0.840. The second-order valence-electron chi connectivity index (χ2n) is 4.98. The molecule has 1 aromatic rings. The van der Waals surface area contributed by atoms with Gasteiger partial charge >= 0.3 is 41.5 Å². The first-order valence-electron chi connectivity index (χ1n) is 5.29. The summed E-state index contributed by atoms with van der Waals surface area (Å²) >= 11 is 0. The fraction of sp³-hybridized carbons (Fsp3) is 0.385. The third-order valence-electron chi connectivity index (χ3n) is 2.60. The summed E-state index contributed by atoms with van der Waals surface area (Å²) < 4.78 is 0. The average Bonchev–Trinajstić information content (AvgIpc) is 2.15. The van der Waals surface area contributed by atoms with Crippen LogP contribution in [0.1, 0.15) is 37.8 Å². The SMILES string of the molecule is CC(C)(C)c1ccc(C(C(=O)O)C(=O)O)cc1.[NaH]. The van der Waals surface area contributed by atoms with Gasteiger partial charge in [0.25, 0.3) is 0 Å². The summed E-state index contributed by atoms with van der Waals surface area (Å²) in [4.78, 5) is 21.7. The maximum atomic E-state index is 10.8. The van der Waals surface area contributed by atoms with Crippen molar-refractivity contribution >= 4 is 41.5 Å². The zero-order valence-corrected chi connectivity index (χ0v) is 10.1. The van der Waals surface area contributed by atoms with Crippen LogP contribution in [0.25, 0.3) is 0 Å². The van der Waals surface area contributed by atoms with Gasteiger partial charge in [-0.3, -0.25) is 9.59 Å². The molecule has 0 spiro atoms. The Labute approximate surface area is 128 Å². The van der Waals surface area contributed by atoms with Crippen LogP contribution in [0.5, 0.6) is 0 Å². The quantitative estimate of drug-likeness (QED) is 0.639. The molecule has 1 aromatic carbocycles. The normalized spacial score (nSPS) is 10.9. The number of rotatable bonds is 3. The van der Waals surface area contributed by atoms with Gasteiger partial charge in [0, 0.05) is 0 Å². The molecule has 2 N–H and O–H groups in total. The van der Waals surface area contributed by atoms with Crippen molar-refractivity contribution in [2.45, 2.75) is 32.1 Å². The second kappa shape index (κ2) is 6.36. The van der Waals surface area contributed by atoms with Crippen LogP contribution in [0, 0.1) is 0 Å².